The van der Waals surface area contributed by atoms with Crippen molar-refractivity contribution in [2.45, 2.75) is 26.4 Å². The molecule has 1 aromatic carbocycles. The molecule has 4 rings (SSSR count). The predicted molar refractivity (Wildman–Crippen MR) is 98.1 cm³/mol. The number of hydrogen-bond acceptors (Lipinski definition) is 4. The number of carbonyl (C=O) groups excluding carboxylic acids is 2. The fourth-order valence-electron chi connectivity index (χ4n) is 3.31. The average Bonchev–Trinajstić information content (AvgIpc) is 3.35. The lowest BCUT2D eigenvalue weighted by Gasteiger charge is -2.26. The molecule has 3 aromatic rings. The smallest absolute Gasteiger partial charge is 0.272 e. The van der Waals surface area contributed by atoms with Gasteiger partial charge in [-0.1, -0.05) is 29.8 Å². The van der Waals surface area contributed by atoms with Crippen LogP contribution in [0.15, 0.2) is 47.3 Å². The van der Waals surface area contributed by atoms with E-state index in [4.69, 9.17) is 4.42 Å². The summed E-state index contributed by atoms with van der Waals surface area (Å²) in [4.78, 5) is 26.9. The van der Waals surface area contributed by atoms with E-state index in [1.807, 2.05) is 31.2 Å². The monoisotopic (exact) mass is 364 g/mol. The number of carbonyl (C=O) groups is 2. The van der Waals surface area contributed by atoms with Crippen LogP contribution < -0.4 is 5.32 Å². The molecule has 0 saturated heterocycles. The highest BCUT2D eigenvalue weighted by Gasteiger charge is 2.28. The van der Waals surface area contributed by atoms with Crippen molar-refractivity contribution in [2.24, 2.45) is 0 Å². The summed E-state index contributed by atoms with van der Waals surface area (Å²) < 4.78 is 5.00. The Labute approximate surface area is 156 Å². The first-order chi connectivity index (χ1) is 13.1. The molecule has 0 aliphatic carbocycles. The van der Waals surface area contributed by atoms with Crippen molar-refractivity contribution in [1.82, 2.24) is 20.4 Å². The SMILES string of the molecule is Cc1cccc(CNC(=O)c2n[nH]c3c2CN(C(=O)c2ccoc2)CC3)c1. The van der Waals surface area contributed by atoms with Gasteiger partial charge in [-0.2, -0.15) is 5.10 Å². The summed E-state index contributed by atoms with van der Waals surface area (Å²) in [7, 11) is 0. The van der Waals surface area contributed by atoms with Gasteiger partial charge in [0.15, 0.2) is 5.69 Å². The molecule has 0 saturated carbocycles. The number of benzene rings is 1. The van der Waals surface area contributed by atoms with Gasteiger partial charge in [-0.05, 0) is 18.6 Å². The summed E-state index contributed by atoms with van der Waals surface area (Å²) in [6.07, 6.45) is 3.55. The molecule has 1 aliphatic heterocycles. The second kappa shape index (κ2) is 7.11. The molecule has 3 heterocycles. The summed E-state index contributed by atoms with van der Waals surface area (Å²) in [5.41, 5.74) is 4.72. The highest BCUT2D eigenvalue weighted by Crippen LogP contribution is 2.22. The van der Waals surface area contributed by atoms with Crippen molar-refractivity contribution in [1.29, 1.82) is 0 Å². The molecule has 0 radical (unpaired) electrons. The minimum absolute atomic E-state index is 0.110. The van der Waals surface area contributed by atoms with Crippen LogP contribution in [-0.2, 0) is 19.5 Å². The molecule has 0 spiro atoms. The Kier molecular flexibility index (Phi) is 4.50. The molecule has 2 N–H and O–H groups in total. The van der Waals surface area contributed by atoms with E-state index in [2.05, 4.69) is 15.5 Å². The van der Waals surface area contributed by atoms with Gasteiger partial charge in [-0.25, -0.2) is 0 Å². The van der Waals surface area contributed by atoms with E-state index in [9.17, 15) is 9.59 Å². The van der Waals surface area contributed by atoms with Gasteiger partial charge >= 0.3 is 0 Å². The number of aromatic nitrogens is 2. The molecule has 2 aromatic heterocycles. The topological polar surface area (TPSA) is 91.2 Å². The van der Waals surface area contributed by atoms with E-state index in [-0.39, 0.29) is 11.8 Å². The minimum Gasteiger partial charge on any atom is -0.472 e. The van der Waals surface area contributed by atoms with Crippen molar-refractivity contribution in [3.05, 3.63) is 76.5 Å². The van der Waals surface area contributed by atoms with Gasteiger partial charge in [0.2, 0.25) is 0 Å². The molecule has 0 unspecified atom stereocenters. The van der Waals surface area contributed by atoms with Crippen LogP contribution in [0, 0.1) is 6.92 Å². The van der Waals surface area contributed by atoms with E-state index in [0.29, 0.717) is 37.3 Å². The van der Waals surface area contributed by atoms with Gasteiger partial charge in [-0.15, -0.1) is 0 Å². The maximum absolute atomic E-state index is 12.6. The van der Waals surface area contributed by atoms with Gasteiger partial charge < -0.3 is 14.6 Å². The number of nitrogens with zero attached hydrogens (tertiary/aromatic N) is 2. The Morgan fingerprint density at radius 3 is 3.00 bits per heavy atom. The average molecular weight is 364 g/mol. The molecular weight excluding hydrogens is 344 g/mol. The number of H-pyrrole nitrogens is 1. The first-order valence-corrected chi connectivity index (χ1v) is 8.83. The van der Waals surface area contributed by atoms with Crippen molar-refractivity contribution in [3.8, 4) is 0 Å². The second-order valence-electron chi connectivity index (χ2n) is 6.69. The van der Waals surface area contributed by atoms with Gasteiger partial charge in [0.1, 0.15) is 6.26 Å². The predicted octanol–water partition coefficient (Wildman–Crippen LogP) is 2.44. The fourth-order valence-corrected chi connectivity index (χ4v) is 3.31. The Morgan fingerprint density at radius 2 is 2.22 bits per heavy atom. The lowest BCUT2D eigenvalue weighted by molar-refractivity contribution is 0.0730. The molecule has 138 valence electrons. The fraction of sp³-hybridized carbons (Fsp3) is 0.250. The van der Waals surface area contributed by atoms with Gasteiger partial charge in [0, 0.05) is 30.8 Å². The van der Waals surface area contributed by atoms with E-state index in [1.165, 1.54) is 12.5 Å². The van der Waals surface area contributed by atoms with E-state index < -0.39 is 0 Å². The van der Waals surface area contributed by atoms with E-state index in [0.717, 1.165) is 22.4 Å². The summed E-state index contributed by atoms with van der Waals surface area (Å²) >= 11 is 0. The van der Waals surface area contributed by atoms with Gasteiger partial charge in [-0.3, -0.25) is 14.7 Å². The molecule has 7 heteroatoms. The van der Waals surface area contributed by atoms with Crippen LogP contribution in [-0.4, -0.2) is 33.5 Å². The van der Waals surface area contributed by atoms with E-state index in [1.54, 1.807) is 11.0 Å². The third-order valence-corrected chi connectivity index (χ3v) is 4.74. The standard InChI is InChI=1S/C20H20N4O3/c1-13-3-2-4-14(9-13)10-21-19(25)18-16-11-24(7-5-17(16)22-23-18)20(26)15-6-8-27-12-15/h2-4,6,8-9,12H,5,7,10-11H2,1H3,(H,21,25)(H,22,23). The highest BCUT2D eigenvalue weighted by molar-refractivity contribution is 5.96. The number of fused-ring (bicyclic) bond motifs is 1. The van der Waals surface area contributed by atoms with Crippen molar-refractivity contribution < 1.29 is 14.0 Å². The molecule has 2 amide bonds. The number of amides is 2. The maximum Gasteiger partial charge on any atom is 0.272 e. The first kappa shape index (κ1) is 17.1. The summed E-state index contributed by atoms with van der Waals surface area (Å²) in [6, 6.07) is 9.63. The van der Waals surface area contributed by atoms with Crippen LogP contribution in [0.25, 0.3) is 0 Å². The largest absolute Gasteiger partial charge is 0.472 e. The lowest BCUT2D eigenvalue weighted by Crippen LogP contribution is -2.36. The van der Waals surface area contributed by atoms with E-state index >= 15 is 0 Å². The van der Waals surface area contributed by atoms with Crippen LogP contribution in [0.5, 0.6) is 0 Å². The zero-order chi connectivity index (χ0) is 18.8. The lowest BCUT2D eigenvalue weighted by atomic mass is 10.0. The third-order valence-electron chi connectivity index (χ3n) is 4.74. The molecule has 1 aliphatic rings. The van der Waals surface area contributed by atoms with Crippen LogP contribution in [0.1, 0.15) is 43.2 Å². The molecule has 27 heavy (non-hydrogen) atoms. The zero-order valence-corrected chi connectivity index (χ0v) is 15.0. The van der Waals surface area contributed by atoms with Gasteiger partial charge in [0.25, 0.3) is 11.8 Å². The first-order valence-electron chi connectivity index (χ1n) is 8.83. The molecule has 0 fully saturated rings. The zero-order valence-electron chi connectivity index (χ0n) is 15.0. The van der Waals surface area contributed by atoms with Crippen LogP contribution in [0.3, 0.4) is 0 Å². The normalized spacial score (nSPS) is 13.3. The number of hydrogen-bond donors (Lipinski definition) is 2. The number of nitrogens with one attached hydrogen (secondary N) is 2. The molecule has 0 atom stereocenters. The quantitative estimate of drug-likeness (QED) is 0.744. The summed E-state index contributed by atoms with van der Waals surface area (Å²) in [5.74, 6) is -0.353. The third kappa shape index (κ3) is 3.48. The molecule has 0 bridgehead atoms. The number of aromatic amines is 1. The molecule has 7 nitrogen and oxygen atoms in total. The second-order valence-corrected chi connectivity index (χ2v) is 6.69. The maximum atomic E-state index is 12.6. The van der Waals surface area contributed by atoms with Crippen molar-refractivity contribution >= 4 is 11.8 Å². The summed E-state index contributed by atoms with van der Waals surface area (Å²) in [6.45, 7) is 3.37. The van der Waals surface area contributed by atoms with Gasteiger partial charge in [0.05, 0.1) is 18.4 Å². The van der Waals surface area contributed by atoms with Crippen LogP contribution in [0.2, 0.25) is 0 Å². The Hall–Kier alpha value is -3.35. The number of aryl methyl sites for hydroxylation is 1. The minimum atomic E-state index is -0.244. The van der Waals surface area contributed by atoms with Crippen molar-refractivity contribution in [2.75, 3.05) is 6.54 Å². The van der Waals surface area contributed by atoms with Crippen LogP contribution >= 0.6 is 0 Å². The summed E-state index contributed by atoms with van der Waals surface area (Å²) in [5, 5.41) is 10.0. The Bertz CT molecular complexity index is 975. The molecular formula is C20H20N4O3. The number of furan rings is 1. The highest BCUT2D eigenvalue weighted by atomic mass is 16.3. The Balaban J connectivity index is 1.47. The van der Waals surface area contributed by atoms with Crippen LogP contribution in [0.4, 0.5) is 0 Å². The number of rotatable bonds is 4. The Morgan fingerprint density at radius 1 is 1.33 bits per heavy atom. The van der Waals surface area contributed by atoms with Crippen molar-refractivity contribution in [3.63, 3.8) is 0 Å².